The topological polar surface area (TPSA) is 92.1 Å². The number of nitrogens with one attached hydrogen (secondary N) is 1. The highest BCUT2D eigenvalue weighted by Gasteiger charge is 2.32. The molecule has 0 aliphatic carbocycles. The summed E-state index contributed by atoms with van der Waals surface area (Å²) in [5.74, 6) is -1.24. The van der Waals surface area contributed by atoms with Crippen LogP contribution in [0, 0.1) is 17.2 Å². The minimum Gasteiger partial charge on any atom is -0.449 e. The van der Waals surface area contributed by atoms with Gasteiger partial charge in [0.05, 0.1) is 16.3 Å². The van der Waals surface area contributed by atoms with Crippen molar-refractivity contribution < 1.29 is 14.3 Å². The quantitative estimate of drug-likeness (QED) is 0.621. The first-order valence-corrected chi connectivity index (χ1v) is 9.04. The van der Waals surface area contributed by atoms with E-state index in [2.05, 4.69) is 16.4 Å². The van der Waals surface area contributed by atoms with Gasteiger partial charge in [-0.1, -0.05) is 26.0 Å². The summed E-state index contributed by atoms with van der Waals surface area (Å²) in [7, 11) is 0. The van der Waals surface area contributed by atoms with Crippen LogP contribution in [0.3, 0.4) is 0 Å². The zero-order chi connectivity index (χ0) is 19.3. The third kappa shape index (κ3) is 4.67. The summed E-state index contributed by atoms with van der Waals surface area (Å²) < 4.78 is 6.13. The van der Waals surface area contributed by atoms with Gasteiger partial charge in [-0.2, -0.15) is 5.26 Å². The van der Waals surface area contributed by atoms with E-state index < -0.39 is 23.5 Å². The maximum Gasteiger partial charge on any atom is 0.331 e. The van der Waals surface area contributed by atoms with Crippen molar-refractivity contribution in [2.75, 3.05) is 0 Å². The Balaban J connectivity index is 1.96. The van der Waals surface area contributed by atoms with E-state index in [0.717, 1.165) is 10.2 Å². The van der Waals surface area contributed by atoms with Crippen molar-refractivity contribution >= 4 is 39.5 Å². The predicted molar refractivity (Wildman–Crippen MR) is 101 cm³/mol. The van der Waals surface area contributed by atoms with Crippen LogP contribution >= 0.6 is 11.3 Å². The van der Waals surface area contributed by atoms with E-state index in [-0.39, 0.29) is 5.92 Å². The van der Waals surface area contributed by atoms with Crippen molar-refractivity contribution in [2.45, 2.75) is 39.3 Å². The smallest absolute Gasteiger partial charge is 0.331 e. The van der Waals surface area contributed by atoms with Crippen molar-refractivity contribution in [3.63, 3.8) is 0 Å². The molecule has 0 saturated carbocycles. The number of esters is 1. The van der Waals surface area contributed by atoms with Gasteiger partial charge in [0.15, 0.2) is 6.10 Å². The molecule has 2 atom stereocenters. The fraction of sp³-hybridized carbons (Fsp3) is 0.368. The maximum atomic E-state index is 12.2. The van der Waals surface area contributed by atoms with Gasteiger partial charge in [0, 0.05) is 6.08 Å². The van der Waals surface area contributed by atoms with Crippen LogP contribution in [0.2, 0.25) is 0 Å². The van der Waals surface area contributed by atoms with Gasteiger partial charge in [0.25, 0.3) is 5.91 Å². The molecule has 2 aromatic rings. The van der Waals surface area contributed by atoms with Crippen molar-refractivity contribution in [1.29, 1.82) is 5.26 Å². The summed E-state index contributed by atoms with van der Waals surface area (Å²) in [6, 6.07) is 9.76. The van der Waals surface area contributed by atoms with Crippen LogP contribution in [0.4, 0.5) is 0 Å². The Labute approximate surface area is 156 Å². The van der Waals surface area contributed by atoms with E-state index in [1.807, 2.05) is 38.1 Å². The molecule has 1 aromatic heterocycles. The molecule has 136 valence electrons. The molecule has 0 aliphatic heterocycles. The molecule has 2 rings (SSSR count). The first-order valence-electron chi connectivity index (χ1n) is 8.22. The Kier molecular flexibility index (Phi) is 6.11. The molecule has 0 unspecified atom stereocenters. The van der Waals surface area contributed by atoms with Gasteiger partial charge >= 0.3 is 5.97 Å². The lowest BCUT2D eigenvalue weighted by Gasteiger charge is -2.28. The second-order valence-corrected chi connectivity index (χ2v) is 7.45. The molecule has 1 N–H and O–H groups in total. The number of amides is 1. The van der Waals surface area contributed by atoms with Crippen LogP contribution in [0.1, 0.15) is 32.7 Å². The minimum absolute atomic E-state index is 0.0849. The van der Waals surface area contributed by atoms with Gasteiger partial charge in [0.2, 0.25) is 0 Å². The molecule has 0 spiro atoms. The van der Waals surface area contributed by atoms with Crippen LogP contribution in [0.25, 0.3) is 16.3 Å². The Morgan fingerprint density at radius 1 is 1.35 bits per heavy atom. The highest BCUT2D eigenvalue weighted by Crippen LogP contribution is 2.22. The third-order valence-electron chi connectivity index (χ3n) is 4.10. The molecule has 7 heteroatoms. The van der Waals surface area contributed by atoms with E-state index in [9.17, 15) is 14.9 Å². The number of hydrogen-bond acceptors (Lipinski definition) is 6. The van der Waals surface area contributed by atoms with Crippen molar-refractivity contribution in [1.82, 2.24) is 10.3 Å². The second-order valence-electron chi connectivity index (χ2n) is 6.39. The summed E-state index contributed by atoms with van der Waals surface area (Å²) in [4.78, 5) is 28.5. The molecule has 0 radical (unpaired) electrons. The predicted octanol–water partition coefficient (Wildman–Crippen LogP) is 3.30. The molecule has 26 heavy (non-hydrogen) atoms. The summed E-state index contributed by atoms with van der Waals surface area (Å²) in [6.07, 6.45) is 1.80. The number of ether oxygens (including phenoxy) is 1. The van der Waals surface area contributed by atoms with Gasteiger partial charge < -0.3 is 10.1 Å². The molecule has 0 aliphatic rings. The van der Waals surface area contributed by atoms with Crippen molar-refractivity contribution in [2.24, 2.45) is 5.92 Å². The lowest BCUT2D eigenvalue weighted by Crippen LogP contribution is -2.52. The number of carbonyl (C=O) groups is 2. The number of para-hydroxylation sites is 1. The van der Waals surface area contributed by atoms with Crippen LogP contribution < -0.4 is 5.32 Å². The SMILES string of the molecule is CC(C)[C@@](C)(C#N)NC(=O)[C@@H](C)OC(=O)/C=C/c1nc2ccccc2s1. The molecule has 0 saturated heterocycles. The molecular formula is C19H21N3O3S. The van der Waals surface area contributed by atoms with Gasteiger partial charge in [-0.25, -0.2) is 9.78 Å². The molecule has 1 heterocycles. The standard InChI is InChI=1S/C19H21N3O3S/c1-12(2)19(4,11-20)22-18(24)13(3)25-17(23)10-9-16-21-14-7-5-6-8-15(14)26-16/h5-10,12-13H,1-4H3,(H,22,24)/b10-9+/t13-,19-/m1/s1. The summed E-state index contributed by atoms with van der Waals surface area (Å²) in [6.45, 7) is 6.77. The summed E-state index contributed by atoms with van der Waals surface area (Å²) in [5, 5.41) is 12.6. The number of aromatic nitrogens is 1. The average Bonchev–Trinajstić information content (AvgIpc) is 3.02. The fourth-order valence-electron chi connectivity index (χ4n) is 2.03. The van der Waals surface area contributed by atoms with Gasteiger partial charge in [-0.15, -0.1) is 11.3 Å². The first kappa shape index (κ1) is 19.6. The second kappa shape index (κ2) is 8.11. The minimum atomic E-state index is -1.02. The lowest BCUT2D eigenvalue weighted by molar-refractivity contribution is -0.150. The highest BCUT2D eigenvalue weighted by atomic mass is 32.1. The molecular weight excluding hydrogens is 350 g/mol. The average molecular weight is 371 g/mol. The number of fused-ring (bicyclic) bond motifs is 1. The molecule has 1 amide bonds. The Hall–Kier alpha value is -2.72. The molecule has 0 bridgehead atoms. The number of thiazole rings is 1. The Morgan fingerprint density at radius 2 is 2.04 bits per heavy atom. The third-order valence-corrected chi connectivity index (χ3v) is 5.11. The number of hydrogen-bond donors (Lipinski definition) is 1. The monoisotopic (exact) mass is 371 g/mol. The zero-order valence-corrected chi connectivity index (χ0v) is 16.0. The molecule has 1 aromatic carbocycles. The van der Waals surface area contributed by atoms with Crippen LogP contribution in [-0.4, -0.2) is 28.5 Å². The van der Waals surface area contributed by atoms with Gasteiger partial charge in [-0.05, 0) is 38.0 Å². The molecule has 6 nitrogen and oxygen atoms in total. The zero-order valence-electron chi connectivity index (χ0n) is 15.1. The number of nitriles is 1. The van der Waals surface area contributed by atoms with Gasteiger partial charge in [0.1, 0.15) is 10.5 Å². The van der Waals surface area contributed by atoms with E-state index >= 15 is 0 Å². The van der Waals surface area contributed by atoms with E-state index in [4.69, 9.17) is 4.74 Å². The highest BCUT2D eigenvalue weighted by molar-refractivity contribution is 7.19. The lowest BCUT2D eigenvalue weighted by atomic mass is 9.90. The first-order chi connectivity index (χ1) is 12.2. The fourth-order valence-corrected chi connectivity index (χ4v) is 2.90. The Bertz CT molecular complexity index is 849. The normalized spacial score (nSPS) is 14.8. The summed E-state index contributed by atoms with van der Waals surface area (Å²) >= 11 is 1.46. The number of carbonyl (C=O) groups excluding carboxylic acids is 2. The van der Waals surface area contributed by atoms with E-state index in [0.29, 0.717) is 5.01 Å². The number of rotatable bonds is 6. The van der Waals surface area contributed by atoms with E-state index in [1.165, 1.54) is 24.3 Å². The Morgan fingerprint density at radius 3 is 2.65 bits per heavy atom. The number of benzene rings is 1. The van der Waals surface area contributed by atoms with Crippen molar-refractivity contribution in [3.05, 3.63) is 35.3 Å². The number of nitrogens with zero attached hydrogens (tertiary/aromatic N) is 2. The van der Waals surface area contributed by atoms with Crippen LogP contribution in [-0.2, 0) is 14.3 Å². The van der Waals surface area contributed by atoms with Crippen molar-refractivity contribution in [3.8, 4) is 6.07 Å². The summed E-state index contributed by atoms with van der Waals surface area (Å²) in [5.41, 5.74) is -0.156. The maximum absolute atomic E-state index is 12.2. The van der Waals surface area contributed by atoms with Crippen LogP contribution in [0.15, 0.2) is 30.3 Å². The van der Waals surface area contributed by atoms with Gasteiger partial charge in [-0.3, -0.25) is 4.79 Å². The molecule has 0 fully saturated rings. The van der Waals surface area contributed by atoms with Crippen LogP contribution in [0.5, 0.6) is 0 Å². The largest absolute Gasteiger partial charge is 0.449 e. The van der Waals surface area contributed by atoms with E-state index in [1.54, 1.807) is 13.0 Å².